The van der Waals surface area contributed by atoms with Gasteiger partial charge in [0.2, 0.25) is 5.91 Å². The molecule has 0 aromatic heterocycles. The van der Waals surface area contributed by atoms with Gasteiger partial charge in [0.05, 0.1) is 36.8 Å². The summed E-state index contributed by atoms with van der Waals surface area (Å²) in [4.78, 5) is 59.9. The SMILES string of the molecule is CCOC(=O)C[C@@H](C(=O)OCC)[C@@H](NC(=O)c1ccccc1NC(C)=O)C(=O)O. The van der Waals surface area contributed by atoms with Crippen molar-refractivity contribution in [3.63, 3.8) is 0 Å². The second kappa shape index (κ2) is 11.4. The van der Waals surface area contributed by atoms with Crippen molar-refractivity contribution in [2.45, 2.75) is 33.2 Å². The van der Waals surface area contributed by atoms with Gasteiger partial charge in [-0.2, -0.15) is 0 Å². The number of carbonyl (C=O) groups excluding carboxylic acids is 4. The minimum atomic E-state index is -1.75. The molecule has 1 aromatic rings. The van der Waals surface area contributed by atoms with Gasteiger partial charge >= 0.3 is 17.9 Å². The molecule has 3 N–H and O–H groups in total. The summed E-state index contributed by atoms with van der Waals surface area (Å²) in [5.41, 5.74) is 0.160. The van der Waals surface area contributed by atoms with Crippen LogP contribution in [0.2, 0.25) is 0 Å². The first-order chi connectivity index (χ1) is 13.7. The zero-order chi connectivity index (χ0) is 22.0. The third-order valence-corrected chi connectivity index (χ3v) is 3.72. The van der Waals surface area contributed by atoms with Crippen LogP contribution in [0.25, 0.3) is 0 Å². The molecular formula is C19H24N2O8. The molecule has 0 radical (unpaired) electrons. The monoisotopic (exact) mass is 408 g/mol. The Morgan fingerprint density at radius 2 is 1.66 bits per heavy atom. The topological polar surface area (TPSA) is 148 Å². The van der Waals surface area contributed by atoms with Gasteiger partial charge < -0.3 is 25.2 Å². The first-order valence-corrected chi connectivity index (χ1v) is 8.93. The molecule has 0 saturated carbocycles. The summed E-state index contributed by atoms with van der Waals surface area (Å²) in [5.74, 6) is -6.05. The molecule has 158 valence electrons. The van der Waals surface area contributed by atoms with Gasteiger partial charge in [-0.05, 0) is 26.0 Å². The lowest BCUT2D eigenvalue weighted by molar-refractivity contribution is -0.159. The highest BCUT2D eigenvalue weighted by Crippen LogP contribution is 2.18. The first kappa shape index (κ1) is 23.6. The van der Waals surface area contributed by atoms with Crippen LogP contribution in [0.1, 0.15) is 37.6 Å². The van der Waals surface area contributed by atoms with Gasteiger partial charge in [-0.25, -0.2) is 4.79 Å². The normalized spacial score (nSPS) is 12.2. The third kappa shape index (κ3) is 7.24. The number of amides is 2. The fourth-order valence-electron chi connectivity index (χ4n) is 2.52. The number of aliphatic carboxylic acids is 1. The Morgan fingerprint density at radius 3 is 2.21 bits per heavy atom. The van der Waals surface area contributed by atoms with Crippen LogP contribution in [0.4, 0.5) is 5.69 Å². The Hall–Kier alpha value is -3.43. The van der Waals surface area contributed by atoms with Crippen molar-refractivity contribution >= 4 is 35.4 Å². The lowest BCUT2D eigenvalue weighted by Crippen LogP contribution is -2.49. The van der Waals surface area contributed by atoms with Crippen LogP contribution in [0.15, 0.2) is 24.3 Å². The van der Waals surface area contributed by atoms with E-state index < -0.39 is 48.1 Å². The first-order valence-electron chi connectivity index (χ1n) is 8.93. The van der Waals surface area contributed by atoms with E-state index in [0.717, 1.165) is 0 Å². The highest BCUT2D eigenvalue weighted by atomic mass is 16.5. The molecule has 10 heteroatoms. The number of benzene rings is 1. The Bertz CT molecular complexity index is 777. The Labute approximate surface area is 167 Å². The Morgan fingerprint density at radius 1 is 1.03 bits per heavy atom. The van der Waals surface area contributed by atoms with Crippen LogP contribution in [-0.2, 0) is 28.7 Å². The number of carboxylic acid groups (broad SMARTS) is 1. The number of nitrogens with one attached hydrogen (secondary N) is 2. The van der Waals surface area contributed by atoms with E-state index in [0.29, 0.717) is 0 Å². The predicted octanol–water partition coefficient (Wildman–Crippen LogP) is 0.960. The molecule has 2 atom stereocenters. The smallest absolute Gasteiger partial charge is 0.327 e. The minimum absolute atomic E-state index is 0.00677. The lowest BCUT2D eigenvalue weighted by atomic mass is 9.95. The third-order valence-electron chi connectivity index (χ3n) is 3.72. The van der Waals surface area contributed by atoms with E-state index in [9.17, 15) is 29.1 Å². The number of carbonyl (C=O) groups is 5. The number of esters is 2. The van der Waals surface area contributed by atoms with Crippen LogP contribution in [0, 0.1) is 5.92 Å². The second-order valence-electron chi connectivity index (χ2n) is 5.88. The van der Waals surface area contributed by atoms with E-state index in [1.807, 2.05) is 0 Å². The van der Waals surface area contributed by atoms with Crippen LogP contribution in [0.5, 0.6) is 0 Å². The van der Waals surface area contributed by atoms with Gasteiger partial charge in [0, 0.05) is 6.92 Å². The van der Waals surface area contributed by atoms with Crippen LogP contribution in [-0.4, -0.2) is 54.1 Å². The maximum atomic E-state index is 12.7. The maximum absolute atomic E-state index is 12.7. The quantitative estimate of drug-likeness (QED) is 0.485. The van der Waals surface area contributed by atoms with Crippen molar-refractivity contribution in [1.82, 2.24) is 5.32 Å². The Kier molecular flexibility index (Phi) is 9.30. The average molecular weight is 408 g/mol. The van der Waals surface area contributed by atoms with E-state index in [-0.39, 0.29) is 24.5 Å². The molecular weight excluding hydrogens is 384 g/mol. The van der Waals surface area contributed by atoms with Crippen LogP contribution < -0.4 is 10.6 Å². The van der Waals surface area contributed by atoms with Gasteiger partial charge in [0.15, 0.2) is 0 Å². The number of rotatable bonds is 10. The summed E-state index contributed by atoms with van der Waals surface area (Å²) in [5, 5.41) is 14.3. The van der Waals surface area contributed by atoms with Gasteiger partial charge in [0.25, 0.3) is 5.91 Å². The maximum Gasteiger partial charge on any atom is 0.327 e. The molecule has 1 aromatic carbocycles. The lowest BCUT2D eigenvalue weighted by Gasteiger charge is -2.23. The summed E-state index contributed by atoms with van der Waals surface area (Å²) >= 11 is 0. The van der Waals surface area contributed by atoms with Crippen molar-refractivity contribution in [3.8, 4) is 0 Å². The number of anilines is 1. The van der Waals surface area contributed by atoms with Gasteiger partial charge in [0.1, 0.15) is 6.04 Å². The van der Waals surface area contributed by atoms with E-state index in [1.165, 1.54) is 32.0 Å². The molecule has 0 bridgehead atoms. The molecule has 0 unspecified atom stereocenters. The van der Waals surface area contributed by atoms with E-state index in [1.54, 1.807) is 13.0 Å². The molecule has 0 aliphatic heterocycles. The molecule has 0 aliphatic carbocycles. The number of para-hydroxylation sites is 1. The number of hydrogen-bond acceptors (Lipinski definition) is 7. The number of hydrogen-bond donors (Lipinski definition) is 3. The van der Waals surface area contributed by atoms with Gasteiger partial charge in [-0.3, -0.25) is 19.2 Å². The number of ether oxygens (including phenoxy) is 2. The summed E-state index contributed by atoms with van der Waals surface area (Å²) in [6, 6.07) is 4.20. The van der Waals surface area contributed by atoms with Crippen molar-refractivity contribution in [2.75, 3.05) is 18.5 Å². The Balaban J connectivity index is 3.17. The van der Waals surface area contributed by atoms with Gasteiger partial charge in [-0.1, -0.05) is 12.1 Å². The molecule has 10 nitrogen and oxygen atoms in total. The molecule has 0 heterocycles. The van der Waals surface area contributed by atoms with Crippen molar-refractivity contribution in [1.29, 1.82) is 0 Å². The molecule has 0 fully saturated rings. The molecule has 0 aliphatic rings. The summed E-state index contributed by atoms with van der Waals surface area (Å²) in [6.07, 6.45) is -0.586. The molecule has 0 spiro atoms. The highest BCUT2D eigenvalue weighted by Gasteiger charge is 2.38. The molecule has 29 heavy (non-hydrogen) atoms. The predicted molar refractivity (Wildman–Crippen MR) is 101 cm³/mol. The van der Waals surface area contributed by atoms with Crippen LogP contribution >= 0.6 is 0 Å². The fourth-order valence-corrected chi connectivity index (χ4v) is 2.52. The second-order valence-corrected chi connectivity index (χ2v) is 5.88. The molecule has 0 saturated heterocycles. The van der Waals surface area contributed by atoms with Crippen molar-refractivity contribution in [2.24, 2.45) is 5.92 Å². The molecule has 2 amide bonds. The largest absolute Gasteiger partial charge is 0.480 e. The van der Waals surface area contributed by atoms with E-state index in [2.05, 4.69) is 10.6 Å². The van der Waals surface area contributed by atoms with Crippen molar-refractivity contribution < 1.29 is 38.6 Å². The van der Waals surface area contributed by atoms with Crippen LogP contribution in [0.3, 0.4) is 0 Å². The van der Waals surface area contributed by atoms with Crippen molar-refractivity contribution in [3.05, 3.63) is 29.8 Å². The fraction of sp³-hybridized carbons (Fsp3) is 0.421. The average Bonchev–Trinajstić information content (AvgIpc) is 2.64. The highest BCUT2D eigenvalue weighted by molar-refractivity contribution is 6.05. The van der Waals surface area contributed by atoms with E-state index >= 15 is 0 Å². The zero-order valence-electron chi connectivity index (χ0n) is 16.4. The summed E-state index contributed by atoms with van der Waals surface area (Å²) < 4.78 is 9.64. The number of carboxylic acids is 1. The molecule has 1 rings (SSSR count). The van der Waals surface area contributed by atoms with E-state index in [4.69, 9.17) is 9.47 Å². The zero-order valence-corrected chi connectivity index (χ0v) is 16.4. The summed E-state index contributed by atoms with van der Waals surface area (Å²) in [6.45, 7) is 4.35. The standard InChI is InChI=1S/C19H24N2O8/c1-4-28-15(23)10-13(19(27)29-5-2)16(18(25)26)21-17(24)12-8-6-7-9-14(12)20-11(3)22/h6-9,13,16H,4-5,10H2,1-3H3,(H,20,22)(H,21,24)(H,25,26)/t13-,16-/m1/s1. The van der Waals surface area contributed by atoms with Gasteiger partial charge in [-0.15, -0.1) is 0 Å². The minimum Gasteiger partial charge on any atom is -0.480 e. The summed E-state index contributed by atoms with van der Waals surface area (Å²) in [7, 11) is 0.